The maximum atomic E-state index is 12.6. The molecule has 2 heterocycles. The highest BCUT2D eigenvalue weighted by atomic mass is 16.5. The molecule has 4 rings (SSSR count). The van der Waals surface area contributed by atoms with Crippen LogP contribution in [0.4, 0.5) is 11.5 Å². The number of hydrogen-bond donors (Lipinski definition) is 1. The normalized spacial score (nSPS) is 13.7. The first kappa shape index (κ1) is 19.9. The van der Waals surface area contributed by atoms with Gasteiger partial charge < -0.3 is 15.0 Å². The number of rotatable bonds is 6. The van der Waals surface area contributed by atoms with Crippen molar-refractivity contribution in [1.82, 2.24) is 9.97 Å². The van der Waals surface area contributed by atoms with Crippen LogP contribution in [0.3, 0.4) is 0 Å². The van der Waals surface area contributed by atoms with Gasteiger partial charge in [-0.1, -0.05) is 12.1 Å². The van der Waals surface area contributed by atoms with E-state index in [2.05, 4.69) is 20.2 Å². The summed E-state index contributed by atoms with van der Waals surface area (Å²) in [7, 11) is 0. The highest BCUT2D eigenvalue weighted by molar-refractivity contribution is 6.04. The monoisotopic (exact) mass is 402 g/mol. The Hall–Kier alpha value is -3.41. The molecule has 154 valence electrons. The second-order valence-electron chi connectivity index (χ2n) is 7.30. The Morgan fingerprint density at radius 2 is 1.73 bits per heavy atom. The molecule has 0 unspecified atom stereocenters. The number of nitrogens with zero attached hydrogens (tertiary/aromatic N) is 3. The second-order valence-corrected chi connectivity index (χ2v) is 7.30. The molecular formula is C24H26N4O2. The third-order valence-electron chi connectivity index (χ3n) is 5.20. The van der Waals surface area contributed by atoms with Crippen LogP contribution in [0.25, 0.3) is 11.3 Å². The summed E-state index contributed by atoms with van der Waals surface area (Å²) in [6, 6.07) is 16.9. The van der Waals surface area contributed by atoms with Crippen molar-refractivity contribution in [2.45, 2.75) is 26.2 Å². The van der Waals surface area contributed by atoms with E-state index in [0.29, 0.717) is 12.2 Å². The van der Waals surface area contributed by atoms with Crippen LogP contribution in [0.2, 0.25) is 0 Å². The minimum absolute atomic E-state index is 0.151. The average Bonchev–Trinajstić information content (AvgIpc) is 2.81. The van der Waals surface area contributed by atoms with Gasteiger partial charge in [-0.3, -0.25) is 4.79 Å². The van der Waals surface area contributed by atoms with Gasteiger partial charge in [-0.2, -0.15) is 0 Å². The molecule has 1 aliphatic rings. The molecule has 6 heteroatoms. The molecule has 1 aliphatic heterocycles. The van der Waals surface area contributed by atoms with Crippen LogP contribution in [0.1, 0.15) is 36.5 Å². The number of carbonyl (C=O) groups excluding carboxylic acids is 1. The standard InChI is InChI=1S/C24H26N4O2/c1-2-30-21-12-10-20(11-13-21)27-24(29)19-8-6-18(7-9-19)22-16-23(26-17-25-22)28-14-4-3-5-15-28/h6-13,16-17H,2-5,14-15H2,1H3,(H,27,29). The zero-order valence-electron chi connectivity index (χ0n) is 17.2. The largest absolute Gasteiger partial charge is 0.494 e. The maximum Gasteiger partial charge on any atom is 0.255 e. The number of piperidine rings is 1. The first-order valence-corrected chi connectivity index (χ1v) is 10.4. The second kappa shape index (κ2) is 9.39. The van der Waals surface area contributed by atoms with Crippen molar-refractivity contribution >= 4 is 17.4 Å². The van der Waals surface area contributed by atoms with E-state index in [9.17, 15) is 4.79 Å². The van der Waals surface area contributed by atoms with Gasteiger partial charge in [0.15, 0.2) is 0 Å². The Bertz CT molecular complexity index is 981. The fourth-order valence-corrected chi connectivity index (χ4v) is 3.60. The molecule has 3 aromatic rings. The van der Waals surface area contributed by atoms with Gasteiger partial charge in [0.1, 0.15) is 17.9 Å². The van der Waals surface area contributed by atoms with Crippen molar-refractivity contribution in [1.29, 1.82) is 0 Å². The summed E-state index contributed by atoms with van der Waals surface area (Å²) in [4.78, 5) is 23.7. The van der Waals surface area contributed by atoms with Crippen molar-refractivity contribution < 1.29 is 9.53 Å². The number of benzene rings is 2. The SMILES string of the molecule is CCOc1ccc(NC(=O)c2ccc(-c3cc(N4CCCCC4)ncn3)cc2)cc1. The summed E-state index contributed by atoms with van der Waals surface area (Å²) in [5.41, 5.74) is 3.16. The third kappa shape index (κ3) is 4.76. The predicted molar refractivity (Wildman–Crippen MR) is 119 cm³/mol. The number of amides is 1. The topological polar surface area (TPSA) is 67.3 Å². The number of aromatic nitrogens is 2. The molecule has 1 aromatic heterocycles. The molecule has 6 nitrogen and oxygen atoms in total. The Kier molecular flexibility index (Phi) is 6.23. The highest BCUT2D eigenvalue weighted by Crippen LogP contribution is 2.24. The summed E-state index contributed by atoms with van der Waals surface area (Å²) < 4.78 is 5.43. The van der Waals surface area contributed by atoms with E-state index in [-0.39, 0.29) is 5.91 Å². The van der Waals surface area contributed by atoms with E-state index in [4.69, 9.17) is 4.74 Å². The predicted octanol–water partition coefficient (Wildman–Crippen LogP) is 4.78. The molecule has 0 aliphatic carbocycles. The van der Waals surface area contributed by atoms with Gasteiger partial charge in [-0.15, -0.1) is 0 Å². The molecule has 0 bridgehead atoms. The van der Waals surface area contributed by atoms with Crippen LogP contribution < -0.4 is 15.0 Å². The van der Waals surface area contributed by atoms with E-state index in [0.717, 1.165) is 41.6 Å². The zero-order valence-corrected chi connectivity index (χ0v) is 17.2. The van der Waals surface area contributed by atoms with Gasteiger partial charge >= 0.3 is 0 Å². The van der Waals surface area contributed by atoms with Gasteiger partial charge in [-0.25, -0.2) is 9.97 Å². The molecule has 0 saturated carbocycles. The fourth-order valence-electron chi connectivity index (χ4n) is 3.60. The maximum absolute atomic E-state index is 12.6. The molecule has 2 aromatic carbocycles. The molecule has 1 amide bonds. The van der Waals surface area contributed by atoms with E-state index in [1.807, 2.05) is 61.5 Å². The van der Waals surface area contributed by atoms with Crippen LogP contribution in [-0.2, 0) is 0 Å². The molecular weight excluding hydrogens is 376 g/mol. The van der Waals surface area contributed by atoms with E-state index in [1.54, 1.807) is 6.33 Å². The van der Waals surface area contributed by atoms with Crippen molar-refractivity contribution in [2.75, 3.05) is 29.9 Å². The molecule has 0 spiro atoms. The van der Waals surface area contributed by atoms with Crippen LogP contribution in [0.5, 0.6) is 5.75 Å². The average molecular weight is 402 g/mol. The van der Waals surface area contributed by atoms with Crippen molar-refractivity contribution in [3.63, 3.8) is 0 Å². The summed E-state index contributed by atoms with van der Waals surface area (Å²) in [6.07, 6.45) is 5.31. The lowest BCUT2D eigenvalue weighted by molar-refractivity contribution is 0.102. The van der Waals surface area contributed by atoms with Gasteiger partial charge in [0, 0.05) is 36.0 Å². The van der Waals surface area contributed by atoms with E-state index < -0.39 is 0 Å². The third-order valence-corrected chi connectivity index (χ3v) is 5.20. The molecule has 0 atom stereocenters. The number of carbonyl (C=O) groups is 1. The Morgan fingerprint density at radius 1 is 1.00 bits per heavy atom. The Morgan fingerprint density at radius 3 is 2.43 bits per heavy atom. The smallest absolute Gasteiger partial charge is 0.255 e. The number of ether oxygens (including phenoxy) is 1. The number of nitrogens with one attached hydrogen (secondary N) is 1. The Balaban J connectivity index is 1.44. The van der Waals surface area contributed by atoms with Crippen molar-refractivity contribution in [2.24, 2.45) is 0 Å². The van der Waals surface area contributed by atoms with Crippen LogP contribution in [-0.4, -0.2) is 35.6 Å². The van der Waals surface area contributed by atoms with Crippen LogP contribution >= 0.6 is 0 Å². The van der Waals surface area contributed by atoms with Gasteiger partial charge in [0.25, 0.3) is 5.91 Å². The summed E-state index contributed by atoms with van der Waals surface area (Å²) >= 11 is 0. The molecule has 1 N–H and O–H groups in total. The van der Waals surface area contributed by atoms with Gasteiger partial charge in [0.05, 0.1) is 12.3 Å². The van der Waals surface area contributed by atoms with Crippen molar-refractivity contribution in [3.8, 4) is 17.0 Å². The molecule has 1 fully saturated rings. The first-order chi connectivity index (χ1) is 14.7. The van der Waals surface area contributed by atoms with E-state index >= 15 is 0 Å². The van der Waals surface area contributed by atoms with Gasteiger partial charge in [0.2, 0.25) is 0 Å². The first-order valence-electron chi connectivity index (χ1n) is 10.4. The summed E-state index contributed by atoms with van der Waals surface area (Å²) in [5, 5.41) is 2.91. The van der Waals surface area contributed by atoms with Gasteiger partial charge in [-0.05, 0) is 62.6 Å². The lowest BCUT2D eigenvalue weighted by Gasteiger charge is -2.27. The molecule has 1 saturated heterocycles. The molecule has 0 radical (unpaired) electrons. The van der Waals surface area contributed by atoms with Crippen molar-refractivity contribution in [3.05, 3.63) is 66.5 Å². The number of anilines is 2. The highest BCUT2D eigenvalue weighted by Gasteiger charge is 2.13. The van der Waals surface area contributed by atoms with E-state index in [1.165, 1.54) is 19.3 Å². The quantitative estimate of drug-likeness (QED) is 0.642. The number of hydrogen-bond acceptors (Lipinski definition) is 5. The lowest BCUT2D eigenvalue weighted by Crippen LogP contribution is -2.30. The minimum atomic E-state index is -0.151. The molecule has 30 heavy (non-hydrogen) atoms. The Labute approximate surface area is 176 Å². The lowest BCUT2D eigenvalue weighted by atomic mass is 10.1. The summed E-state index contributed by atoms with van der Waals surface area (Å²) in [5.74, 6) is 1.60. The van der Waals surface area contributed by atoms with Crippen LogP contribution in [0, 0.1) is 0 Å². The van der Waals surface area contributed by atoms with Crippen LogP contribution in [0.15, 0.2) is 60.9 Å². The fraction of sp³-hybridized carbons (Fsp3) is 0.292. The zero-order chi connectivity index (χ0) is 20.8. The summed E-state index contributed by atoms with van der Waals surface area (Å²) in [6.45, 7) is 4.64. The minimum Gasteiger partial charge on any atom is -0.494 e.